The predicted octanol–water partition coefficient (Wildman–Crippen LogP) is 2.02. The lowest BCUT2D eigenvalue weighted by Crippen LogP contribution is -2.39. The average molecular weight is 234 g/mol. The lowest BCUT2D eigenvalue weighted by molar-refractivity contribution is 0.0929. The van der Waals surface area contributed by atoms with Gasteiger partial charge in [0.1, 0.15) is 0 Å². The molecular formula is C14H22N2O. The molecular weight excluding hydrogens is 212 g/mol. The maximum atomic E-state index is 12.1. The maximum Gasteiger partial charge on any atom is 0.251 e. The number of aryl methyl sites for hydroxylation is 2. The number of rotatable bonds is 4. The fourth-order valence-electron chi connectivity index (χ4n) is 1.70. The Morgan fingerprint density at radius 2 is 2.00 bits per heavy atom. The summed E-state index contributed by atoms with van der Waals surface area (Å²) >= 11 is 0. The first-order valence-corrected chi connectivity index (χ1v) is 6.04. The van der Waals surface area contributed by atoms with Gasteiger partial charge in [-0.15, -0.1) is 0 Å². The van der Waals surface area contributed by atoms with Gasteiger partial charge in [-0.3, -0.25) is 4.79 Å². The van der Waals surface area contributed by atoms with Crippen molar-refractivity contribution in [3.8, 4) is 0 Å². The van der Waals surface area contributed by atoms with Gasteiger partial charge < -0.3 is 11.1 Å². The predicted molar refractivity (Wildman–Crippen MR) is 71.1 cm³/mol. The second-order valence-electron chi connectivity index (χ2n) is 4.79. The van der Waals surface area contributed by atoms with E-state index >= 15 is 0 Å². The number of carbonyl (C=O) groups excluding carboxylic acids is 1. The standard InChI is InChI=1S/C14H22N2O/c1-9-5-6-13(10(2)7-9)14(17)16-12(4)11(3)8-15/h5-7,11-12H,8,15H2,1-4H3,(H,16,17). The second kappa shape index (κ2) is 5.82. The second-order valence-corrected chi connectivity index (χ2v) is 4.79. The van der Waals surface area contributed by atoms with Crippen molar-refractivity contribution in [1.29, 1.82) is 0 Å². The van der Waals surface area contributed by atoms with Crippen molar-refractivity contribution < 1.29 is 4.79 Å². The number of amides is 1. The van der Waals surface area contributed by atoms with Gasteiger partial charge in [-0.05, 0) is 44.9 Å². The molecule has 1 aromatic rings. The summed E-state index contributed by atoms with van der Waals surface area (Å²) in [7, 11) is 0. The van der Waals surface area contributed by atoms with Gasteiger partial charge in [0.2, 0.25) is 0 Å². The zero-order valence-corrected chi connectivity index (χ0v) is 11.1. The topological polar surface area (TPSA) is 55.1 Å². The number of carbonyl (C=O) groups is 1. The van der Waals surface area contributed by atoms with Crippen molar-refractivity contribution in [3.05, 3.63) is 34.9 Å². The maximum absolute atomic E-state index is 12.1. The summed E-state index contributed by atoms with van der Waals surface area (Å²) in [6, 6.07) is 5.94. The van der Waals surface area contributed by atoms with Crippen LogP contribution in [0.1, 0.15) is 35.3 Å². The first-order valence-electron chi connectivity index (χ1n) is 6.04. The zero-order valence-electron chi connectivity index (χ0n) is 11.1. The first-order chi connectivity index (χ1) is 7.95. The van der Waals surface area contributed by atoms with E-state index in [4.69, 9.17) is 5.73 Å². The minimum Gasteiger partial charge on any atom is -0.349 e. The molecule has 0 aromatic heterocycles. The van der Waals surface area contributed by atoms with Gasteiger partial charge in [-0.2, -0.15) is 0 Å². The third-order valence-electron chi connectivity index (χ3n) is 3.21. The zero-order chi connectivity index (χ0) is 13.0. The summed E-state index contributed by atoms with van der Waals surface area (Å²) in [4.78, 5) is 12.1. The Balaban J connectivity index is 2.76. The molecule has 0 aliphatic rings. The Morgan fingerprint density at radius 1 is 1.35 bits per heavy atom. The Kier molecular flexibility index (Phi) is 4.70. The van der Waals surface area contributed by atoms with Crippen LogP contribution in [0.5, 0.6) is 0 Å². The van der Waals surface area contributed by atoms with E-state index in [1.165, 1.54) is 5.56 Å². The van der Waals surface area contributed by atoms with Crippen LogP contribution in [0, 0.1) is 19.8 Å². The van der Waals surface area contributed by atoms with E-state index in [9.17, 15) is 4.79 Å². The van der Waals surface area contributed by atoms with E-state index in [0.29, 0.717) is 6.54 Å². The summed E-state index contributed by atoms with van der Waals surface area (Å²) in [6.07, 6.45) is 0. The van der Waals surface area contributed by atoms with Crippen LogP contribution in [0.25, 0.3) is 0 Å². The fraction of sp³-hybridized carbons (Fsp3) is 0.500. The highest BCUT2D eigenvalue weighted by Gasteiger charge is 2.15. The summed E-state index contributed by atoms with van der Waals surface area (Å²) < 4.78 is 0. The van der Waals surface area contributed by atoms with E-state index in [0.717, 1.165) is 11.1 Å². The fourth-order valence-corrected chi connectivity index (χ4v) is 1.70. The molecule has 3 heteroatoms. The van der Waals surface area contributed by atoms with Crippen LogP contribution in [0.2, 0.25) is 0 Å². The Labute approximate surface area is 103 Å². The molecule has 3 nitrogen and oxygen atoms in total. The van der Waals surface area contributed by atoms with E-state index in [2.05, 4.69) is 5.32 Å². The molecule has 1 rings (SSSR count). The summed E-state index contributed by atoms with van der Waals surface area (Å²) in [5.41, 5.74) is 8.51. The number of hydrogen-bond donors (Lipinski definition) is 2. The van der Waals surface area contributed by atoms with Gasteiger partial charge in [0.15, 0.2) is 0 Å². The molecule has 0 fully saturated rings. The van der Waals surface area contributed by atoms with Crippen molar-refractivity contribution in [2.45, 2.75) is 33.7 Å². The molecule has 94 valence electrons. The van der Waals surface area contributed by atoms with Crippen LogP contribution < -0.4 is 11.1 Å². The van der Waals surface area contributed by atoms with Crippen molar-refractivity contribution in [1.82, 2.24) is 5.32 Å². The van der Waals surface area contributed by atoms with Gasteiger partial charge >= 0.3 is 0 Å². The third kappa shape index (κ3) is 3.56. The molecule has 0 spiro atoms. The molecule has 3 N–H and O–H groups in total. The van der Waals surface area contributed by atoms with Crippen LogP contribution in [0.3, 0.4) is 0 Å². The normalized spacial score (nSPS) is 14.2. The van der Waals surface area contributed by atoms with Gasteiger partial charge in [0.25, 0.3) is 5.91 Å². The van der Waals surface area contributed by atoms with E-state index in [1.54, 1.807) is 0 Å². The molecule has 2 atom stereocenters. The van der Waals surface area contributed by atoms with Gasteiger partial charge in [0, 0.05) is 11.6 Å². The van der Waals surface area contributed by atoms with Crippen LogP contribution in [0.4, 0.5) is 0 Å². The first kappa shape index (κ1) is 13.7. The van der Waals surface area contributed by atoms with Crippen LogP contribution in [-0.2, 0) is 0 Å². The molecule has 0 radical (unpaired) electrons. The van der Waals surface area contributed by atoms with Gasteiger partial charge in [-0.25, -0.2) is 0 Å². The number of nitrogens with one attached hydrogen (secondary N) is 1. The van der Waals surface area contributed by atoms with Crippen molar-refractivity contribution in [3.63, 3.8) is 0 Å². The SMILES string of the molecule is Cc1ccc(C(=O)NC(C)C(C)CN)c(C)c1. The van der Waals surface area contributed by atoms with E-state index in [-0.39, 0.29) is 17.9 Å². The quantitative estimate of drug-likeness (QED) is 0.837. The molecule has 0 aliphatic carbocycles. The third-order valence-corrected chi connectivity index (χ3v) is 3.21. The molecule has 0 saturated heterocycles. The largest absolute Gasteiger partial charge is 0.349 e. The highest BCUT2D eigenvalue weighted by Crippen LogP contribution is 2.11. The minimum absolute atomic E-state index is 0.0182. The minimum atomic E-state index is -0.0182. The summed E-state index contributed by atoms with van der Waals surface area (Å²) in [6.45, 7) is 8.58. The van der Waals surface area contributed by atoms with E-state index in [1.807, 2.05) is 45.9 Å². The van der Waals surface area contributed by atoms with Gasteiger partial charge in [-0.1, -0.05) is 24.6 Å². The van der Waals surface area contributed by atoms with Crippen LogP contribution in [-0.4, -0.2) is 18.5 Å². The van der Waals surface area contributed by atoms with Crippen molar-refractivity contribution in [2.24, 2.45) is 11.7 Å². The smallest absolute Gasteiger partial charge is 0.251 e. The molecule has 17 heavy (non-hydrogen) atoms. The van der Waals surface area contributed by atoms with Crippen molar-refractivity contribution >= 4 is 5.91 Å². The molecule has 0 heterocycles. The number of nitrogens with two attached hydrogens (primary N) is 1. The Morgan fingerprint density at radius 3 is 2.53 bits per heavy atom. The lowest BCUT2D eigenvalue weighted by atomic mass is 10.0. The monoisotopic (exact) mass is 234 g/mol. The highest BCUT2D eigenvalue weighted by molar-refractivity contribution is 5.95. The van der Waals surface area contributed by atoms with Crippen LogP contribution in [0.15, 0.2) is 18.2 Å². The number of hydrogen-bond acceptors (Lipinski definition) is 2. The van der Waals surface area contributed by atoms with Crippen LogP contribution >= 0.6 is 0 Å². The lowest BCUT2D eigenvalue weighted by Gasteiger charge is -2.20. The Bertz CT molecular complexity index is 401. The molecule has 0 saturated carbocycles. The Hall–Kier alpha value is -1.35. The van der Waals surface area contributed by atoms with E-state index < -0.39 is 0 Å². The highest BCUT2D eigenvalue weighted by atomic mass is 16.1. The van der Waals surface area contributed by atoms with Gasteiger partial charge in [0.05, 0.1) is 0 Å². The van der Waals surface area contributed by atoms with Crippen molar-refractivity contribution in [2.75, 3.05) is 6.54 Å². The molecule has 1 aromatic carbocycles. The average Bonchev–Trinajstić information content (AvgIpc) is 2.27. The molecule has 0 bridgehead atoms. The summed E-state index contributed by atoms with van der Waals surface area (Å²) in [5, 5.41) is 2.99. The molecule has 2 unspecified atom stereocenters. The number of benzene rings is 1. The molecule has 0 aliphatic heterocycles. The molecule has 1 amide bonds. The summed E-state index contributed by atoms with van der Waals surface area (Å²) in [5.74, 6) is 0.264.